The summed E-state index contributed by atoms with van der Waals surface area (Å²) in [6, 6.07) is 24.2. The van der Waals surface area contributed by atoms with Gasteiger partial charge in [-0.05, 0) is 42.0 Å². The van der Waals surface area contributed by atoms with E-state index in [1.54, 1.807) is 47.1 Å². The lowest BCUT2D eigenvalue weighted by molar-refractivity contribution is -0.112. The van der Waals surface area contributed by atoms with Crippen LogP contribution < -0.4 is 5.32 Å². The maximum Gasteiger partial charge on any atom is 0.270 e. The number of benzene rings is 3. The Morgan fingerprint density at radius 2 is 1.76 bits per heavy atom. The van der Waals surface area contributed by atoms with Crippen molar-refractivity contribution in [3.63, 3.8) is 0 Å². The van der Waals surface area contributed by atoms with Crippen LogP contribution in [-0.2, 0) is 11.2 Å². The zero-order chi connectivity index (χ0) is 22.9. The molecule has 1 aromatic heterocycles. The van der Waals surface area contributed by atoms with Gasteiger partial charge in [0.05, 0.1) is 11.4 Å². The third kappa shape index (κ3) is 3.54. The first-order chi connectivity index (χ1) is 16.1. The number of aliphatic hydroxyl groups is 1. The molecule has 6 nitrogen and oxygen atoms in total. The van der Waals surface area contributed by atoms with Crippen LogP contribution >= 0.6 is 0 Å². The lowest BCUT2D eigenvalue weighted by atomic mass is 10.1. The van der Waals surface area contributed by atoms with Crippen LogP contribution in [0.15, 0.2) is 84.4 Å². The Hall–Kier alpha value is -4.70. The van der Waals surface area contributed by atoms with Gasteiger partial charge >= 0.3 is 0 Å². The SMILES string of the molecule is N#C/C(C(=O)Nc1ccccc1)=C(/O)c1nn(-c2ccccc2)c2c1Cc1ccc(F)cc1-2. The van der Waals surface area contributed by atoms with Crippen molar-refractivity contribution in [2.75, 3.05) is 5.32 Å². The van der Waals surface area contributed by atoms with Gasteiger partial charge in [-0.2, -0.15) is 10.4 Å². The van der Waals surface area contributed by atoms with Crippen molar-refractivity contribution in [1.82, 2.24) is 9.78 Å². The number of rotatable bonds is 4. The maximum absolute atomic E-state index is 14.1. The van der Waals surface area contributed by atoms with Crippen LogP contribution in [-0.4, -0.2) is 20.8 Å². The number of nitrogens with one attached hydrogen (secondary N) is 1. The number of nitriles is 1. The molecule has 0 saturated heterocycles. The number of hydrogen-bond donors (Lipinski definition) is 2. The molecule has 33 heavy (non-hydrogen) atoms. The fourth-order valence-corrected chi connectivity index (χ4v) is 4.00. The van der Waals surface area contributed by atoms with Gasteiger partial charge in [-0.3, -0.25) is 4.79 Å². The van der Waals surface area contributed by atoms with Gasteiger partial charge in [0.1, 0.15) is 17.6 Å². The fraction of sp³-hybridized carbons (Fsp3) is 0.0385. The van der Waals surface area contributed by atoms with Crippen molar-refractivity contribution in [3.05, 3.63) is 107 Å². The zero-order valence-corrected chi connectivity index (χ0v) is 17.3. The number of nitrogens with zero attached hydrogens (tertiary/aromatic N) is 3. The molecule has 7 heteroatoms. The van der Waals surface area contributed by atoms with Gasteiger partial charge in [0.2, 0.25) is 0 Å². The zero-order valence-electron chi connectivity index (χ0n) is 17.3. The number of aromatic nitrogens is 2. The van der Waals surface area contributed by atoms with Crippen LogP contribution in [0, 0.1) is 17.1 Å². The maximum atomic E-state index is 14.1. The molecule has 0 unspecified atom stereocenters. The molecule has 0 saturated carbocycles. The minimum absolute atomic E-state index is 0.116. The first-order valence-corrected chi connectivity index (χ1v) is 10.2. The molecule has 0 bridgehead atoms. The van der Waals surface area contributed by atoms with E-state index in [2.05, 4.69) is 10.4 Å². The van der Waals surface area contributed by atoms with Gasteiger partial charge in [-0.15, -0.1) is 0 Å². The van der Waals surface area contributed by atoms with E-state index < -0.39 is 17.2 Å². The van der Waals surface area contributed by atoms with Gasteiger partial charge in [0, 0.05) is 23.2 Å². The van der Waals surface area contributed by atoms with E-state index in [1.807, 2.05) is 30.3 Å². The Kier molecular flexibility index (Phi) is 4.96. The van der Waals surface area contributed by atoms with Gasteiger partial charge in [-0.1, -0.05) is 42.5 Å². The Labute approximate surface area is 188 Å². The molecule has 0 aliphatic heterocycles. The molecule has 1 amide bonds. The highest BCUT2D eigenvalue weighted by molar-refractivity contribution is 6.11. The van der Waals surface area contributed by atoms with Gasteiger partial charge in [-0.25, -0.2) is 9.07 Å². The lowest BCUT2D eigenvalue weighted by Gasteiger charge is -2.08. The number of para-hydroxylation sites is 2. The van der Waals surface area contributed by atoms with E-state index in [0.717, 1.165) is 5.56 Å². The standard InChI is InChI=1S/C26H17FN4O2/c27-17-12-11-16-13-21-23(25(32)22(15-28)26(33)29-18-7-3-1-4-8-18)30-31(24(21)20(16)14-17)19-9-5-2-6-10-19/h1-12,14,32H,13H2,(H,29,33)/b25-22-. The van der Waals surface area contributed by atoms with Crippen LogP contribution in [0.1, 0.15) is 16.8 Å². The van der Waals surface area contributed by atoms with E-state index in [9.17, 15) is 19.6 Å². The Bertz CT molecular complexity index is 1450. The van der Waals surface area contributed by atoms with E-state index in [1.165, 1.54) is 12.1 Å². The fourth-order valence-electron chi connectivity index (χ4n) is 4.00. The molecule has 0 fully saturated rings. The minimum Gasteiger partial charge on any atom is -0.504 e. The molecule has 2 N–H and O–H groups in total. The van der Waals surface area contributed by atoms with Crippen molar-refractivity contribution >= 4 is 17.4 Å². The smallest absolute Gasteiger partial charge is 0.270 e. The van der Waals surface area contributed by atoms with Crippen LogP contribution in [0.2, 0.25) is 0 Å². The Morgan fingerprint density at radius 3 is 2.45 bits per heavy atom. The summed E-state index contributed by atoms with van der Waals surface area (Å²) < 4.78 is 15.7. The summed E-state index contributed by atoms with van der Waals surface area (Å²) >= 11 is 0. The molecule has 1 heterocycles. The first-order valence-electron chi connectivity index (χ1n) is 10.2. The van der Waals surface area contributed by atoms with Crippen LogP contribution in [0.4, 0.5) is 10.1 Å². The number of fused-ring (bicyclic) bond motifs is 3. The second-order valence-corrected chi connectivity index (χ2v) is 7.56. The molecule has 1 aliphatic carbocycles. The molecule has 4 aromatic rings. The summed E-state index contributed by atoms with van der Waals surface area (Å²) in [5.74, 6) is -1.65. The van der Waals surface area contributed by atoms with Crippen molar-refractivity contribution in [2.24, 2.45) is 0 Å². The number of carbonyl (C=O) groups excluding carboxylic acids is 1. The lowest BCUT2D eigenvalue weighted by Crippen LogP contribution is -2.15. The van der Waals surface area contributed by atoms with E-state index in [-0.39, 0.29) is 11.5 Å². The molecule has 5 rings (SSSR count). The van der Waals surface area contributed by atoms with Crippen molar-refractivity contribution in [3.8, 4) is 23.0 Å². The largest absolute Gasteiger partial charge is 0.504 e. The van der Waals surface area contributed by atoms with E-state index in [0.29, 0.717) is 34.6 Å². The first kappa shape index (κ1) is 20.2. The summed E-state index contributed by atoms with van der Waals surface area (Å²) in [6.07, 6.45) is 0.385. The Morgan fingerprint density at radius 1 is 1.06 bits per heavy atom. The summed E-state index contributed by atoms with van der Waals surface area (Å²) in [5, 5.41) is 27.9. The summed E-state index contributed by atoms with van der Waals surface area (Å²) in [5.41, 5.74) is 3.63. The van der Waals surface area contributed by atoms with Gasteiger partial charge in [0.25, 0.3) is 5.91 Å². The number of carbonyl (C=O) groups is 1. The van der Waals surface area contributed by atoms with Crippen LogP contribution in [0.3, 0.4) is 0 Å². The minimum atomic E-state index is -0.745. The molecule has 1 aliphatic rings. The highest BCUT2D eigenvalue weighted by Gasteiger charge is 2.32. The van der Waals surface area contributed by atoms with Gasteiger partial charge in [0.15, 0.2) is 11.3 Å². The normalized spacial score (nSPS) is 12.4. The molecule has 3 aromatic carbocycles. The second kappa shape index (κ2) is 8.09. The van der Waals surface area contributed by atoms with Crippen LogP contribution in [0.25, 0.3) is 22.7 Å². The summed E-state index contributed by atoms with van der Waals surface area (Å²) in [6.45, 7) is 0. The predicted octanol–water partition coefficient (Wildman–Crippen LogP) is 5.01. The summed E-state index contributed by atoms with van der Waals surface area (Å²) in [4.78, 5) is 12.8. The van der Waals surface area contributed by atoms with E-state index in [4.69, 9.17) is 0 Å². The monoisotopic (exact) mass is 436 g/mol. The molecule has 0 radical (unpaired) electrons. The van der Waals surface area contributed by atoms with Crippen molar-refractivity contribution in [1.29, 1.82) is 5.26 Å². The van der Waals surface area contributed by atoms with Crippen molar-refractivity contribution < 1.29 is 14.3 Å². The number of anilines is 1. The quantitative estimate of drug-likeness (QED) is 0.235. The third-order valence-electron chi connectivity index (χ3n) is 5.51. The van der Waals surface area contributed by atoms with Gasteiger partial charge < -0.3 is 10.4 Å². The van der Waals surface area contributed by atoms with E-state index >= 15 is 0 Å². The van der Waals surface area contributed by atoms with Crippen molar-refractivity contribution in [2.45, 2.75) is 6.42 Å². The average molecular weight is 436 g/mol. The van der Waals surface area contributed by atoms with Crippen LogP contribution in [0.5, 0.6) is 0 Å². The highest BCUT2D eigenvalue weighted by Crippen LogP contribution is 2.42. The number of hydrogen-bond acceptors (Lipinski definition) is 4. The molecular weight excluding hydrogens is 419 g/mol. The Balaban J connectivity index is 1.66. The summed E-state index contributed by atoms with van der Waals surface area (Å²) in [7, 11) is 0. The topological polar surface area (TPSA) is 90.9 Å². The molecular formula is C26H17FN4O2. The molecule has 160 valence electrons. The highest BCUT2D eigenvalue weighted by atomic mass is 19.1. The number of halogens is 1. The molecule has 0 spiro atoms. The average Bonchev–Trinajstić information content (AvgIpc) is 3.38. The predicted molar refractivity (Wildman–Crippen MR) is 122 cm³/mol. The number of aliphatic hydroxyl groups excluding tert-OH is 1. The molecule has 0 atom stereocenters. The number of amides is 1. The second-order valence-electron chi connectivity index (χ2n) is 7.56. The third-order valence-corrected chi connectivity index (χ3v) is 5.51.